The van der Waals surface area contributed by atoms with Crippen molar-refractivity contribution in [1.29, 1.82) is 0 Å². The van der Waals surface area contributed by atoms with E-state index in [1.54, 1.807) is 36.7 Å². The number of nitrogens with one attached hydrogen (secondary N) is 1. The van der Waals surface area contributed by atoms with Crippen LogP contribution in [-0.4, -0.2) is 17.0 Å². The molecule has 0 radical (unpaired) electrons. The van der Waals surface area contributed by atoms with Crippen LogP contribution in [0.5, 0.6) is 0 Å². The van der Waals surface area contributed by atoms with Gasteiger partial charge in [-0.15, -0.1) is 5.43 Å². The molecule has 1 aromatic carbocycles. The van der Waals surface area contributed by atoms with Crippen LogP contribution in [0.4, 0.5) is 0 Å². The molecule has 0 unspecified atom stereocenters. The van der Waals surface area contributed by atoms with Crippen molar-refractivity contribution in [2.45, 2.75) is 0 Å². The highest BCUT2D eigenvalue weighted by Gasteiger charge is 2.17. The minimum atomic E-state index is -1.13. The number of hydrogen-bond acceptors (Lipinski definition) is 2. The third-order valence-corrected chi connectivity index (χ3v) is 2.35. The van der Waals surface area contributed by atoms with Gasteiger partial charge in [0, 0.05) is 12.1 Å². The molecule has 2 aromatic rings. The number of benzene rings is 1. The van der Waals surface area contributed by atoms with E-state index in [-0.39, 0.29) is 11.1 Å². The first-order valence-electron chi connectivity index (χ1n) is 5.28. The third kappa shape index (κ3) is 2.52. The highest BCUT2D eigenvalue weighted by Crippen LogP contribution is 2.08. The van der Waals surface area contributed by atoms with Crippen LogP contribution < -0.4 is 10.1 Å². The second kappa shape index (κ2) is 5.09. The van der Waals surface area contributed by atoms with Crippen LogP contribution in [0.25, 0.3) is 0 Å². The summed E-state index contributed by atoms with van der Waals surface area (Å²) in [6, 6.07) is 11.4. The molecule has 5 heteroatoms. The van der Waals surface area contributed by atoms with Crippen molar-refractivity contribution in [3.63, 3.8) is 0 Å². The van der Waals surface area contributed by atoms with Crippen molar-refractivity contribution in [3.05, 3.63) is 66.0 Å². The molecule has 1 amide bonds. The molecule has 18 heavy (non-hydrogen) atoms. The molecular formula is C13H11N2O3+. The molecule has 0 fully saturated rings. The lowest BCUT2D eigenvalue weighted by Crippen LogP contribution is -2.47. The number of carboxylic acids is 1. The van der Waals surface area contributed by atoms with E-state index < -0.39 is 11.9 Å². The van der Waals surface area contributed by atoms with Gasteiger partial charge in [-0.05, 0) is 12.1 Å². The number of carbonyl (C=O) groups is 2. The van der Waals surface area contributed by atoms with Crippen LogP contribution >= 0.6 is 0 Å². The number of nitrogens with zero attached hydrogens (tertiary/aromatic N) is 1. The van der Waals surface area contributed by atoms with Crippen LogP contribution in [0.3, 0.4) is 0 Å². The minimum absolute atomic E-state index is 0.0217. The van der Waals surface area contributed by atoms with E-state index in [0.717, 1.165) is 0 Å². The van der Waals surface area contributed by atoms with Gasteiger partial charge in [-0.2, -0.15) is 0 Å². The zero-order valence-corrected chi connectivity index (χ0v) is 9.41. The molecule has 0 atom stereocenters. The van der Waals surface area contributed by atoms with Crippen LogP contribution in [0, 0.1) is 0 Å². The topological polar surface area (TPSA) is 70.3 Å². The molecule has 90 valence electrons. The normalized spacial score (nSPS) is 9.78. The van der Waals surface area contributed by atoms with Crippen molar-refractivity contribution in [2.75, 3.05) is 5.43 Å². The number of hydrogen-bond donors (Lipinski definition) is 2. The molecule has 0 bridgehead atoms. The predicted molar refractivity (Wildman–Crippen MR) is 63.7 cm³/mol. The summed E-state index contributed by atoms with van der Waals surface area (Å²) in [5, 5.41) is 8.99. The molecule has 0 spiro atoms. The molecule has 5 nitrogen and oxygen atoms in total. The maximum absolute atomic E-state index is 11.9. The molecule has 2 N–H and O–H groups in total. The first-order valence-corrected chi connectivity index (χ1v) is 5.28. The van der Waals surface area contributed by atoms with Crippen molar-refractivity contribution in [2.24, 2.45) is 0 Å². The van der Waals surface area contributed by atoms with E-state index in [0.29, 0.717) is 0 Å². The number of carbonyl (C=O) groups excluding carboxylic acids is 1. The molecule has 0 saturated carbocycles. The molecule has 0 saturated heterocycles. The Balaban J connectivity index is 2.27. The Kier molecular flexibility index (Phi) is 3.33. The Morgan fingerprint density at radius 3 is 2.17 bits per heavy atom. The van der Waals surface area contributed by atoms with E-state index in [2.05, 4.69) is 5.43 Å². The number of aromatic carboxylic acids is 1. The zero-order valence-electron chi connectivity index (χ0n) is 9.41. The lowest BCUT2D eigenvalue weighted by atomic mass is 10.1. The predicted octanol–water partition coefficient (Wildman–Crippen LogP) is 1.06. The number of aromatic nitrogens is 1. The largest absolute Gasteiger partial charge is 0.478 e. The Morgan fingerprint density at radius 2 is 1.56 bits per heavy atom. The monoisotopic (exact) mass is 243 g/mol. The minimum Gasteiger partial charge on any atom is -0.478 e. The molecule has 1 heterocycles. The van der Waals surface area contributed by atoms with Crippen molar-refractivity contribution in [1.82, 2.24) is 0 Å². The van der Waals surface area contributed by atoms with Gasteiger partial charge in [-0.3, -0.25) is 4.79 Å². The summed E-state index contributed by atoms with van der Waals surface area (Å²) in [4.78, 5) is 22.9. The summed E-state index contributed by atoms with van der Waals surface area (Å²) in [5.74, 6) is -1.59. The number of pyridine rings is 1. The molecule has 2 rings (SSSR count). The van der Waals surface area contributed by atoms with Crippen LogP contribution in [0.2, 0.25) is 0 Å². The quantitative estimate of drug-likeness (QED) is 0.792. The van der Waals surface area contributed by atoms with Gasteiger partial charge < -0.3 is 5.11 Å². The first kappa shape index (κ1) is 11.8. The van der Waals surface area contributed by atoms with Crippen LogP contribution in [0.15, 0.2) is 54.9 Å². The highest BCUT2D eigenvalue weighted by atomic mass is 16.4. The summed E-state index contributed by atoms with van der Waals surface area (Å²) in [5.41, 5.74) is 2.67. The summed E-state index contributed by atoms with van der Waals surface area (Å²) in [7, 11) is 0. The Morgan fingerprint density at radius 1 is 0.944 bits per heavy atom. The van der Waals surface area contributed by atoms with Gasteiger partial charge >= 0.3 is 11.9 Å². The highest BCUT2D eigenvalue weighted by molar-refractivity contribution is 6.07. The van der Waals surface area contributed by atoms with Crippen molar-refractivity contribution < 1.29 is 19.4 Å². The average Bonchev–Trinajstić information content (AvgIpc) is 2.40. The lowest BCUT2D eigenvalue weighted by Gasteiger charge is -2.03. The van der Waals surface area contributed by atoms with Gasteiger partial charge in [-0.25, -0.2) is 4.79 Å². The third-order valence-electron chi connectivity index (χ3n) is 2.35. The SMILES string of the molecule is O=C(O)c1ccccc1C(=O)N[n+]1ccccc1. The summed E-state index contributed by atoms with van der Waals surface area (Å²) in [6.07, 6.45) is 3.31. The maximum Gasteiger partial charge on any atom is 0.336 e. The number of rotatable bonds is 3. The molecular weight excluding hydrogens is 232 g/mol. The second-order valence-corrected chi connectivity index (χ2v) is 3.57. The van der Waals surface area contributed by atoms with Crippen LogP contribution in [-0.2, 0) is 0 Å². The number of carboxylic acid groups (broad SMARTS) is 1. The Bertz CT molecular complexity index is 582. The molecule has 0 aliphatic rings. The van der Waals surface area contributed by atoms with Crippen LogP contribution in [0.1, 0.15) is 20.7 Å². The van der Waals surface area contributed by atoms with Gasteiger partial charge in [0.1, 0.15) is 0 Å². The average molecular weight is 243 g/mol. The molecule has 0 aliphatic heterocycles. The van der Waals surface area contributed by atoms with E-state index in [1.807, 2.05) is 6.07 Å². The van der Waals surface area contributed by atoms with Crippen molar-refractivity contribution >= 4 is 11.9 Å². The first-order chi connectivity index (χ1) is 8.68. The zero-order chi connectivity index (χ0) is 13.0. The van der Waals surface area contributed by atoms with Gasteiger partial charge in [0.05, 0.1) is 11.1 Å². The summed E-state index contributed by atoms with van der Waals surface area (Å²) < 4.78 is 1.46. The molecule has 0 aliphatic carbocycles. The van der Waals surface area contributed by atoms with Gasteiger partial charge in [0.15, 0.2) is 12.4 Å². The van der Waals surface area contributed by atoms with Gasteiger partial charge in [-0.1, -0.05) is 22.9 Å². The fourth-order valence-electron chi connectivity index (χ4n) is 1.52. The lowest BCUT2D eigenvalue weighted by molar-refractivity contribution is -0.641. The van der Waals surface area contributed by atoms with E-state index in [1.165, 1.54) is 16.8 Å². The van der Waals surface area contributed by atoms with Gasteiger partial charge in [0.2, 0.25) is 0 Å². The number of amides is 1. The van der Waals surface area contributed by atoms with Crippen molar-refractivity contribution in [3.8, 4) is 0 Å². The van der Waals surface area contributed by atoms with Gasteiger partial charge in [0.25, 0.3) is 0 Å². The summed E-state index contributed by atoms with van der Waals surface area (Å²) in [6.45, 7) is 0. The Hall–Kier alpha value is -2.69. The van der Waals surface area contributed by atoms with E-state index in [4.69, 9.17) is 5.11 Å². The fourth-order valence-corrected chi connectivity index (χ4v) is 1.52. The maximum atomic E-state index is 11.9. The van der Waals surface area contributed by atoms with E-state index >= 15 is 0 Å². The standard InChI is InChI=1S/C13H10N2O3/c16-12(14-15-8-4-1-5-9-15)10-6-2-3-7-11(10)13(17)18/h1-9H,(H-,14,16,17,18)/p+1. The summed E-state index contributed by atoms with van der Waals surface area (Å²) >= 11 is 0. The Labute approximate surface area is 103 Å². The fraction of sp³-hybridized carbons (Fsp3) is 0. The molecule has 1 aromatic heterocycles. The van der Waals surface area contributed by atoms with E-state index in [9.17, 15) is 9.59 Å². The smallest absolute Gasteiger partial charge is 0.336 e. The second-order valence-electron chi connectivity index (χ2n) is 3.57.